The predicted molar refractivity (Wildman–Crippen MR) is 71.1 cm³/mol. The zero-order chi connectivity index (χ0) is 13.2. The Morgan fingerprint density at radius 1 is 1.17 bits per heavy atom. The largest absolute Gasteiger partial charge is 0.494 e. The number of hydrogen-bond donors (Lipinski definition) is 0. The fourth-order valence-electron chi connectivity index (χ4n) is 1.74. The van der Waals surface area contributed by atoms with Crippen molar-refractivity contribution in [2.75, 3.05) is 6.61 Å². The molecule has 0 spiro atoms. The zero-order valence-electron chi connectivity index (χ0n) is 10.9. The Balaban J connectivity index is 2.34. The van der Waals surface area contributed by atoms with Gasteiger partial charge in [0.1, 0.15) is 12.0 Å². The highest BCUT2D eigenvalue weighted by molar-refractivity contribution is 5.96. The molecule has 0 N–H and O–H groups in total. The second-order valence-electron chi connectivity index (χ2n) is 4.15. The van der Waals surface area contributed by atoms with Gasteiger partial charge in [-0.15, -0.1) is 0 Å². The van der Waals surface area contributed by atoms with Gasteiger partial charge in [-0.05, 0) is 44.0 Å². The number of unbranched alkanes of at least 4 members (excludes halogenated alkanes) is 3. The van der Waals surface area contributed by atoms with E-state index in [9.17, 15) is 9.59 Å². The van der Waals surface area contributed by atoms with E-state index in [0.717, 1.165) is 36.9 Å². The lowest BCUT2D eigenvalue weighted by atomic mass is 10.0. The average Bonchev–Trinajstić information content (AvgIpc) is 2.39. The molecular weight excluding hydrogens is 228 g/mol. The summed E-state index contributed by atoms with van der Waals surface area (Å²) in [6, 6.07) is 7.25. The molecule has 0 saturated heterocycles. The number of benzene rings is 1. The minimum Gasteiger partial charge on any atom is -0.494 e. The maximum atomic E-state index is 11.8. The van der Waals surface area contributed by atoms with E-state index in [1.807, 2.05) is 19.1 Å². The van der Waals surface area contributed by atoms with Crippen LogP contribution in [-0.4, -0.2) is 18.7 Å². The molecule has 0 atom stereocenters. The second-order valence-corrected chi connectivity index (χ2v) is 4.15. The van der Waals surface area contributed by atoms with Crippen molar-refractivity contribution < 1.29 is 14.3 Å². The summed E-state index contributed by atoms with van der Waals surface area (Å²) in [4.78, 5) is 22.0. The number of carbonyl (C=O) groups excluding carboxylic acids is 2. The molecule has 1 rings (SSSR count). The van der Waals surface area contributed by atoms with Gasteiger partial charge in [-0.1, -0.05) is 6.42 Å². The molecular formula is C15H20O3. The predicted octanol–water partition coefficient (Wildman–Crippen LogP) is 3.42. The van der Waals surface area contributed by atoms with Gasteiger partial charge >= 0.3 is 0 Å². The first kappa shape index (κ1) is 14.4. The lowest BCUT2D eigenvalue weighted by Gasteiger charge is -2.04. The van der Waals surface area contributed by atoms with Crippen LogP contribution in [0.1, 0.15) is 49.4 Å². The Morgan fingerprint density at radius 2 is 1.89 bits per heavy atom. The highest BCUT2D eigenvalue weighted by atomic mass is 16.5. The quantitative estimate of drug-likeness (QED) is 0.382. The van der Waals surface area contributed by atoms with Gasteiger partial charge in [0.15, 0.2) is 5.78 Å². The fourth-order valence-corrected chi connectivity index (χ4v) is 1.74. The van der Waals surface area contributed by atoms with E-state index in [1.54, 1.807) is 12.1 Å². The Hall–Kier alpha value is -1.64. The monoisotopic (exact) mass is 248 g/mol. The van der Waals surface area contributed by atoms with Crippen LogP contribution >= 0.6 is 0 Å². The molecule has 0 aliphatic carbocycles. The molecule has 0 heterocycles. The molecule has 3 nitrogen and oxygen atoms in total. The topological polar surface area (TPSA) is 43.4 Å². The normalized spacial score (nSPS) is 10.1. The number of rotatable bonds is 9. The molecule has 18 heavy (non-hydrogen) atoms. The molecule has 3 heteroatoms. The molecule has 0 aromatic heterocycles. The lowest BCUT2D eigenvalue weighted by Crippen LogP contribution is -1.99. The standard InChI is InChI=1S/C15H20O3/c1-2-18-14-10-8-13(9-11-14)15(17)7-5-3-4-6-12-16/h8-12H,2-7H2,1H3. The number of ether oxygens (including phenoxy) is 1. The highest BCUT2D eigenvalue weighted by Gasteiger charge is 2.05. The van der Waals surface area contributed by atoms with Gasteiger partial charge in [0, 0.05) is 18.4 Å². The minimum atomic E-state index is 0.157. The smallest absolute Gasteiger partial charge is 0.162 e. The van der Waals surface area contributed by atoms with Crippen LogP contribution in [0.4, 0.5) is 0 Å². The summed E-state index contributed by atoms with van der Waals surface area (Å²) in [6.45, 7) is 2.56. The van der Waals surface area contributed by atoms with Gasteiger partial charge in [-0.3, -0.25) is 4.79 Å². The minimum absolute atomic E-state index is 0.157. The summed E-state index contributed by atoms with van der Waals surface area (Å²) in [7, 11) is 0. The van der Waals surface area contributed by atoms with Crippen molar-refractivity contribution in [3.05, 3.63) is 29.8 Å². The first-order valence-electron chi connectivity index (χ1n) is 6.47. The summed E-state index contributed by atoms with van der Waals surface area (Å²) in [5.74, 6) is 0.948. The summed E-state index contributed by atoms with van der Waals surface area (Å²) in [5.41, 5.74) is 0.730. The van der Waals surface area contributed by atoms with Crippen LogP contribution in [0.5, 0.6) is 5.75 Å². The van der Waals surface area contributed by atoms with E-state index < -0.39 is 0 Å². The van der Waals surface area contributed by atoms with Crippen LogP contribution in [0, 0.1) is 0 Å². The van der Waals surface area contributed by atoms with Gasteiger partial charge in [0.25, 0.3) is 0 Å². The molecule has 0 unspecified atom stereocenters. The van der Waals surface area contributed by atoms with Crippen LogP contribution in [0.3, 0.4) is 0 Å². The van der Waals surface area contributed by atoms with Gasteiger partial charge in [-0.25, -0.2) is 0 Å². The van der Waals surface area contributed by atoms with E-state index >= 15 is 0 Å². The van der Waals surface area contributed by atoms with E-state index in [2.05, 4.69) is 0 Å². The molecule has 0 aliphatic heterocycles. The van der Waals surface area contributed by atoms with Crippen molar-refractivity contribution in [3.63, 3.8) is 0 Å². The molecule has 1 aromatic carbocycles. The summed E-state index contributed by atoms with van der Waals surface area (Å²) in [5, 5.41) is 0. The van der Waals surface area contributed by atoms with Crippen LogP contribution in [0.25, 0.3) is 0 Å². The van der Waals surface area contributed by atoms with Crippen LogP contribution in [0.2, 0.25) is 0 Å². The Kier molecular flexibility index (Phi) is 6.77. The van der Waals surface area contributed by atoms with Gasteiger partial charge in [0.2, 0.25) is 0 Å². The molecule has 0 saturated carbocycles. The molecule has 0 radical (unpaired) electrons. The number of hydrogen-bond acceptors (Lipinski definition) is 3. The molecule has 0 aliphatic rings. The molecule has 0 fully saturated rings. The van der Waals surface area contributed by atoms with Gasteiger partial charge in [-0.2, -0.15) is 0 Å². The first-order chi connectivity index (χ1) is 8.77. The van der Waals surface area contributed by atoms with E-state index in [1.165, 1.54) is 0 Å². The summed E-state index contributed by atoms with van der Waals surface area (Å²) < 4.78 is 5.32. The highest BCUT2D eigenvalue weighted by Crippen LogP contribution is 2.14. The van der Waals surface area contributed by atoms with Crippen molar-refractivity contribution >= 4 is 12.1 Å². The van der Waals surface area contributed by atoms with Crippen molar-refractivity contribution in [2.45, 2.75) is 39.0 Å². The SMILES string of the molecule is CCOc1ccc(C(=O)CCCCCC=O)cc1. The maximum absolute atomic E-state index is 11.8. The molecule has 1 aromatic rings. The fraction of sp³-hybridized carbons (Fsp3) is 0.467. The molecule has 0 bridgehead atoms. The Bertz CT molecular complexity index is 368. The van der Waals surface area contributed by atoms with Gasteiger partial charge in [0.05, 0.1) is 6.61 Å². The third-order valence-electron chi connectivity index (χ3n) is 2.71. The van der Waals surface area contributed by atoms with E-state index in [4.69, 9.17) is 4.74 Å². The van der Waals surface area contributed by atoms with Crippen molar-refractivity contribution in [2.24, 2.45) is 0 Å². The summed E-state index contributed by atoms with van der Waals surface area (Å²) >= 11 is 0. The van der Waals surface area contributed by atoms with Gasteiger partial charge < -0.3 is 9.53 Å². The van der Waals surface area contributed by atoms with Crippen LogP contribution in [-0.2, 0) is 4.79 Å². The van der Waals surface area contributed by atoms with Crippen LogP contribution < -0.4 is 4.74 Å². The number of carbonyl (C=O) groups is 2. The summed E-state index contributed by atoms with van der Waals surface area (Å²) in [6.07, 6.45) is 4.72. The third kappa shape index (κ3) is 5.13. The Morgan fingerprint density at radius 3 is 2.50 bits per heavy atom. The first-order valence-corrected chi connectivity index (χ1v) is 6.47. The Labute approximate surface area is 108 Å². The van der Waals surface area contributed by atoms with Crippen molar-refractivity contribution in [1.29, 1.82) is 0 Å². The average molecular weight is 248 g/mol. The number of ketones is 1. The zero-order valence-corrected chi connectivity index (χ0v) is 10.9. The van der Waals surface area contributed by atoms with Crippen LogP contribution in [0.15, 0.2) is 24.3 Å². The molecule has 98 valence electrons. The van der Waals surface area contributed by atoms with E-state index in [0.29, 0.717) is 19.4 Å². The third-order valence-corrected chi connectivity index (χ3v) is 2.71. The van der Waals surface area contributed by atoms with E-state index in [-0.39, 0.29) is 5.78 Å². The number of aldehydes is 1. The number of Topliss-reactive ketones (excluding diaryl/α,β-unsaturated/α-hetero) is 1. The second kappa shape index (κ2) is 8.45. The van der Waals surface area contributed by atoms with Crippen molar-refractivity contribution in [1.82, 2.24) is 0 Å². The molecule has 0 amide bonds. The lowest BCUT2D eigenvalue weighted by molar-refractivity contribution is -0.107. The maximum Gasteiger partial charge on any atom is 0.162 e. The van der Waals surface area contributed by atoms with Crippen molar-refractivity contribution in [3.8, 4) is 5.75 Å².